The first-order chi connectivity index (χ1) is 18.1. The second-order valence-corrected chi connectivity index (χ2v) is 12.9. The van der Waals surface area contributed by atoms with E-state index in [1.807, 2.05) is 31.4 Å². The molecule has 1 aromatic carbocycles. The lowest BCUT2D eigenvalue weighted by atomic mass is 10.0. The van der Waals surface area contributed by atoms with Gasteiger partial charge in [-0.15, -0.1) is 0 Å². The first-order valence-corrected chi connectivity index (χ1v) is 14.8. The van der Waals surface area contributed by atoms with Crippen molar-refractivity contribution in [2.24, 2.45) is 0 Å². The number of aryl methyl sites for hydroxylation is 1. The number of nitrogens with one attached hydrogen (secondary N) is 2. The molecule has 206 valence electrons. The molecule has 3 aromatic rings. The van der Waals surface area contributed by atoms with Crippen molar-refractivity contribution in [3.63, 3.8) is 0 Å². The quantitative estimate of drug-likeness (QED) is 0.416. The molecule has 0 amide bonds. The molecule has 0 unspecified atom stereocenters. The number of aliphatic hydroxyl groups is 1. The number of imidazole rings is 1. The van der Waals surface area contributed by atoms with Crippen molar-refractivity contribution in [2.45, 2.75) is 63.5 Å². The molecule has 2 aliphatic rings. The molecule has 0 saturated carbocycles. The van der Waals surface area contributed by atoms with E-state index in [2.05, 4.69) is 25.6 Å². The molecule has 0 bridgehead atoms. The smallest absolute Gasteiger partial charge is 0.223 e. The number of nitrogens with zero attached hydrogens (tertiary/aromatic N) is 5. The molecule has 2 aromatic heterocycles. The lowest BCUT2D eigenvalue weighted by molar-refractivity contribution is 0.0941. The van der Waals surface area contributed by atoms with Gasteiger partial charge < -0.3 is 20.3 Å². The van der Waals surface area contributed by atoms with E-state index >= 15 is 4.39 Å². The van der Waals surface area contributed by atoms with Crippen LogP contribution in [0, 0.1) is 12.7 Å². The molecule has 2 saturated heterocycles. The topological polar surface area (TPSA) is 125 Å². The third kappa shape index (κ3) is 5.12. The Morgan fingerprint density at radius 2 is 1.95 bits per heavy atom. The van der Waals surface area contributed by atoms with Crippen molar-refractivity contribution in [3.05, 3.63) is 35.0 Å². The monoisotopic (exact) mass is 565 g/mol. The number of aromatic nitrogens is 4. The van der Waals surface area contributed by atoms with Crippen LogP contribution < -0.4 is 10.6 Å². The van der Waals surface area contributed by atoms with Crippen LogP contribution in [0.1, 0.15) is 45.0 Å². The Hall–Kier alpha value is -2.38. The second kappa shape index (κ2) is 10.6. The molecule has 13 heteroatoms. The summed E-state index contributed by atoms with van der Waals surface area (Å²) in [5, 5.41) is 17.0. The minimum Gasteiger partial charge on any atom is -0.390 e. The number of sulfonamides is 1. The van der Waals surface area contributed by atoms with Gasteiger partial charge >= 0.3 is 0 Å². The fraction of sp³-hybridized carbons (Fsp3) is 0.560. The molecule has 0 aliphatic carbocycles. The van der Waals surface area contributed by atoms with Gasteiger partial charge in [-0.2, -0.15) is 4.31 Å². The average molecular weight is 566 g/mol. The second-order valence-electron chi connectivity index (χ2n) is 10.3. The fourth-order valence-corrected chi connectivity index (χ4v) is 7.64. The number of benzene rings is 1. The van der Waals surface area contributed by atoms with Gasteiger partial charge in [0.1, 0.15) is 11.3 Å². The number of halogens is 2. The highest BCUT2D eigenvalue weighted by molar-refractivity contribution is 7.89. The van der Waals surface area contributed by atoms with E-state index in [1.54, 1.807) is 0 Å². The van der Waals surface area contributed by atoms with Gasteiger partial charge in [-0.05, 0) is 65.3 Å². The van der Waals surface area contributed by atoms with Crippen molar-refractivity contribution in [1.82, 2.24) is 29.1 Å². The predicted octanol–water partition coefficient (Wildman–Crippen LogP) is 3.10. The molecule has 0 radical (unpaired) electrons. The van der Waals surface area contributed by atoms with Crippen molar-refractivity contribution in [1.29, 1.82) is 0 Å². The van der Waals surface area contributed by atoms with E-state index in [9.17, 15) is 13.5 Å². The van der Waals surface area contributed by atoms with Crippen LogP contribution in [0.5, 0.6) is 0 Å². The summed E-state index contributed by atoms with van der Waals surface area (Å²) < 4.78 is 44.5. The number of fused-ring (bicyclic) bond motifs is 1. The number of piperidine rings is 2. The van der Waals surface area contributed by atoms with Crippen molar-refractivity contribution in [3.8, 4) is 11.3 Å². The Balaban J connectivity index is 1.36. The summed E-state index contributed by atoms with van der Waals surface area (Å²) in [4.78, 5) is 13.2. The fourth-order valence-electron chi connectivity index (χ4n) is 5.47. The maximum absolute atomic E-state index is 15.0. The molecule has 2 atom stereocenters. The number of hydrogen-bond donors (Lipinski definition) is 3. The summed E-state index contributed by atoms with van der Waals surface area (Å²) >= 11 is 6.43. The van der Waals surface area contributed by atoms with Crippen molar-refractivity contribution < 1.29 is 17.9 Å². The molecule has 2 aliphatic heterocycles. The minimum atomic E-state index is -3.48. The summed E-state index contributed by atoms with van der Waals surface area (Å²) in [6.45, 7) is 7.51. The molecular weight excluding hydrogens is 533 g/mol. The molecule has 3 N–H and O–H groups in total. The van der Waals surface area contributed by atoms with Crippen molar-refractivity contribution >= 4 is 38.6 Å². The van der Waals surface area contributed by atoms with E-state index in [0.29, 0.717) is 61.5 Å². The summed E-state index contributed by atoms with van der Waals surface area (Å²) in [6, 6.07) is 2.80. The van der Waals surface area contributed by atoms with Crippen LogP contribution in [-0.4, -0.2) is 80.9 Å². The Kier molecular flexibility index (Phi) is 7.62. The molecule has 38 heavy (non-hydrogen) atoms. The van der Waals surface area contributed by atoms with E-state index in [4.69, 9.17) is 11.6 Å². The van der Waals surface area contributed by atoms with Gasteiger partial charge in [-0.25, -0.2) is 27.8 Å². The molecule has 0 spiro atoms. The van der Waals surface area contributed by atoms with Crippen LogP contribution in [0.4, 0.5) is 10.3 Å². The lowest BCUT2D eigenvalue weighted by Gasteiger charge is -2.38. The van der Waals surface area contributed by atoms with Gasteiger partial charge in [-0.3, -0.25) is 0 Å². The number of rotatable bonds is 6. The number of β-amino-alcohol motifs (C(OH)–C–C–N with tert-alkyl or cyclic N) is 1. The lowest BCUT2D eigenvalue weighted by Crippen LogP contribution is -2.54. The molecule has 4 heterocycles. The Morgan fingerprint density at radius 3 is 2.63 bits per heavy atom. The first-order valence-electron chi connectivity index (χ1n) is 12.9. The number of anilines is 1. The van der Waals surface area contributed by atoms with Crippen LogP contribution in [0.2, 0.25) is 5.02 Å². The summed E-state index contributed by atoms with van der Waals surface area (Å²) in [5.74, 6) is 0.462. The van der Waals surface area contributed by atoms with Gasteiger partial charge in [0.2, 0.25) is 16.0 Å². The van der Waals surface area contributed by atoms with Crippen LogP contribution in [0.25, 0.3) is 22.3 Å². The number of aliphatic hydroxyl groups excluding tert-OH is 1. The summed E-state index contributed by atoms with van der Waals surface area (Å²) in [6.07, 6.45) is 2.02. The highest BCUT2D eigenvalue weighted by Gasteiger charge is 2.38. The average Bonchev–Trinajstić information content (AvgIpc) is 3.23. The first kappa shape index (κ1) is 27.2. The third-order valence-corrected chi connectivity index (χ3v) is 10.0. The van der Waals surface area contributed by atoms with E-state index in [1.165, 1.54) is 16.6 Å². The standard InChI is InChI=1S/C25H33ClFN7O3S/c1-14(2)34-15(3)30-24-19(27)10-16(11-21(24)34)23-18(26)12-29-25(32-23)31-20-6-9-33(13-22(20)35)38(36,37)17-4-7-28-8-5-17/h10-12,14,17,20,22,28,35H,4-9,13H2,1-3H3,(H,29,31,32)/t20-,22-/m1/s1. The zero-order valence-corrected chi connectivity index (χ0v) is 23.2. The normalized spacial score (nSPS) is 21.9. The van der Waals surface area contributed by atoms with E-state index in [-0.39, 0.29) is 29.1 Å². The SMILES string of the molecule is Cc1nc2c(F)cc(-c3nc(N[C@@H]4CCN(S(=O)(=O)C5CCNCC5)C[C@H]4O)ncc3Cl)cc2n1C(C)C. The Labute approximate surface area is 226 Å². The van der Waals surface area contributed by atoms with Gasteiger partial charge in [0, 0.05) is 24.7 Å². The summed E-state index contributed by atoms with van der Waals surface area (Å²) in [5.41, 5.74) is 1.77. The maximum atomic E-state index is 15.0. The molecule has 10 nitrogen and oxygen atoms in total. The highest BCUT2D eigenvalue weighted by Crippen LogP contribution is 2.32. The maximum Gasteiger partial charge on any atom is 0.223 e. The van der Waals surface area contributed by atoms with E-state index < -0.39 is 33.2 Å². The summed E-state index contributed by atoms with van der Waals surface area (Å²) in [7, 11) is -3.48. The van der Waals surface area contributed by atoms with E-state index in [0.717, 1.165) is 0 Å². The van der Waals surface area contributed by atoms with Crippen LogP contribution in [0.3, 0.4) is 0 Å². The van der Waals surface area contributed by atoms with Gasteiger partial charge in [-0.1, -0.05) is 11.6 Å². The number of hydrogen-bond acceptors (Lipinski definition) is 8. The molecule has 5 rings (SSSR count). The van der Waals surface area contributed by atoms with Crippen LogP contribution in [-0.2, 0) is 10.0 Å². The Morgan fingerprint density at radius 1 is 1.21 bits per heavy atom. The molecular formula is C25H33ClFN7O3S. The van der Waals surface area contributed by atoms with Gasteiger partial charge in [0.25, 0.3) is 0 Å². The van der Waals surface area contributed by atoms with Gasteiger partial charge in [0.05, 0.1) is 39.8 Å². The zero-order chi connectivity index (χ0) is 27.2. The third-order valence-electron chi connectivity index (χ3n) is 7.39. The Bertz CT molecular complexity index is 1440. The predicted molar refractivity (Wildman–Crippen MR) is 145 cm³/mol. The largest absolute Gasteiger partial charge is 0.390 e. The minimum absolute atomic E-state index is 0.00476. The van der Waals surface area contributed by atoms with Gasteiger partial charge in [0.15, 0.2) is 5.82 Å². The highest BCUT2D eigenvalue weighted by atomic mass is 35.5. The van der Waals surface area contributed by atoms with Crippen molar-refractivity contribution in [2.75, 3.05) is 31.5 Å². The van der Waals surface area contributed by atoms with Crippen LogP contribution in [0.15, 0.2) is 18.3 Å². The zero-order valence-electron chi connectivity index (χ0n) is 21.7. The molecule has 2 fully saturated rings. The van der Waals surface area contributed by atoms with Crippen LogP contribution >= 0.6 is 11.6 Å².